The molecule has 0 heterocycles. The molecule has 1 N–H and O–H groups in total. The lowest BCUT2D eigenvalue weighted by molar-refractivity contribution is 0.581. The highest BCUT2D eigenvalue weighted by Crippen LogP contribution is 2.16. The second-order valence-corrected chi connectivity index (χ2v) is 8.78. The number of hydrogen-bond donors (Lipinski definition) is 1. The smallest absolute Gasteiger partial charge is 0.224 e. The zero-order valence-electron chi connectivity index (χ0n) is 12.3. The molecule has 118 valence electrons. The van der Waals surface area contributed by atoms with Gasteiger partial charge in [0.25, 0.3) is 0 Å². The molecule has 0 unspecified atom stereocenters. The molecule has 2 aromatic rings. The van der Waals surface area contributed by atoms with Gasteiger partial charge in [-0.05, 0) is 36.2 Å². The Morgan fingerprint density at radius 1 is 0.909 bits per heavy atom. The summed E-state index contributed by atoms with van der Waals surface area (Å²) in [5.41, 5.74) is 1.85. The van der Waals surface area contributed by atoms with E-state index in [4.69, 9.17) is 0 Å². The Balaban J connectivity index is 2.26. The van der Waals surface area contributed by atoms with E-state index >= 15 is 0 Å². The SMILES string of the molecule is Cc1ccccc1CNS(=O)(=O)c1cccc(S(C)(=O)=O)c1. The fourth-order valence-electron chi connectivity index (χ4n) is 1.94. The molecule has 0 bridgehead atoms. The van der Waals surface area contributed by atoms with Gasteiger partial charge in [-0.25, -0.2) is 21.6 Å². The van der Waals surface area contributed by atoms with Crippen molar-refractivity contribution in [3.8, 4) is 0 Å². The van der Waals surface area contributed by atoms with Crippen LogP contribution in [0.5, 0.6) is 0 Å². The summed E-state index contributed by atoms with van der Waals surface area (Å²) in [4.78, 5) is -0.0877. The van der Waals surface area contributed by atoms with Crippen molar-refractivity contribution in [2.75, 3.05) is 6.26 Å². The first kappa shape index (κ1) is 16.7. The molecule has 2 aromatic carbocycles. The third kappa shape index (κ3) is 3.94. The average molecular weight is 339 g/mol. The summed E-state index contributed by atoms with van der Waals surface area (Å²) in [7, 11) is -7.22. The lowest BCUT2D eigenvalue weighted by atomic mass is 10.1. The van der Waals surface area contributed by atoms with Gasteiger partial charge in [-0.1, -0.05) is 30.3 Å². The summed E-state index contributed by atoms with van der Waals surface area (Å²) in [5, 5.41) is 0. The molecule has 22 heavy (non-hydrogen) atoms. The minimum atomic E-state index is -3.77. The monoisotopic (exact) mass is 339 g/mol. The second-order valence-electron chi connectivity index (χ2n) is 5.00. The molecule has 5 nitrogen and oxygen atoms in total. The van der Waals surface area contributed by atoms with Crippen LogP contribution in [0.1, 0.15) is 11.1 Å². The molecule has 0 radical (unpaired) electrons. The molecule has 0 saturated heterocycles. The fourth-order valence-corrected chi connectivity index (χ4v) is 3.73. The van der Waals surface area contributed by atoms with Crippen LogP contribution in [-0.4, -0.2) is 23.1 Å². The van der Waals surface area contributed by atoms with Crippen molar-refractivity contribution in [2.45, 2.75) is 23.3 Å². The number of benzene rings is 2. The van der Waals surface area contributed by atoms with Crippen molar-refractivity contribution in [1.29, 1.82) is 0 Å². The Morgan fingerprint density at radius 2 is 1.55 bits per heavy atom. The van der Waals surface area contributed by atoms with Gasteiger partial charge in [-0.3, -0.25) is 0 Å². The van der Waals surface area contributed by atoms with Crippen LogP contribution < -0.4 is 4.72 Å². The molecule has 0 spiro atoms. The van der Waals surface area contributed by atoms with E-state index in [0.29, 0.717) is 0 Å². The summed E-state index contributed by atoms with van der Waals surface area (Å²) in [6, 6.07) is 12.8. The number of rotatable bonds is 5. The van der Waals surface area contributed by atoms with Crippen LogP contribution in [0.3, 0.4) is 0 Å². The first-order valence-electron chi connectivity index (χ1n) is 6.54. The van der Waals surface area contributed by atoms with Gasteiger partial charge in [-0.15, -0.1) is 0 Å². The minimum absolute atomic E-state index is 0.0220. The van der Waals surface area contributed by atoms with Gasteiger partial charge < -0.3 is 0 Å². The van der Waals surface area contributed by atoms with Gasteiger partial charge in [-0.2, -0.15) is 0 Å². The maximum Gasteiger partial charge on any atom is 0.240 e. The van der Waals surface area contributed by atoms with Gasteiger partial charge in [0.1, 0.15) is 0 Å². The van der Waals surface area contributed by atoms with Gasteiger partial charge >= 0.3 is 0 Å². The van der Waals surface area contributed by atoms with Crippen LogP contribution in [0.25, 0.3) is 0 Å². The highest BCUT2D eigenvalue weighted by atomic mass is 32.2. The number of aryl methyl sites for hydroxylation is 1. The molecule has 7 heteroatoms. The normalized spacial score (nSPS) is 12.3. The summed E-state index contributed by atoms with van der Waals surface area (Å²) in [5.74, 6) is 0. The lowest BCUT2D eigenvalue weighted by Gasteiger charge is -2.09. The van der Waals surface area contributed by atoms with Gasteiger partial charge in [0.2, 0.25) is 10.0 Å². The van der Waals surface area contributed by atoms with Crippen molar-refractivity contribution >= 4 is 19.9 Å². The predicted molar refractivity (Wildman–Crippen MR) is 84.8 cm³/mol. The topological polar surface area (TPSA) is 80.3 Å². The maximum atomic E-state index is 12.3. The lowest BCUT2D eigenvalue weighted by Crippen LogP contribution is -2.23. The molecule has 0 aliphatic heterocycles. The average Bonchev–Trinajstić information content (AvgIpc) is 2.46. The van der Waals surface area contributed by atoms with Crippen LogP contribution in [0, 0.1) is 6.92 Å². The third-order valence-corrected chi connectivity index (χ3v) is 5.77. The molecule has 0 fully saturated rings. The molecule has 0 aliphatic rings. The van der Waals surface area contributed by atoms with Crippen LogP contribution >= 0.6 is 0 Å². The van der Waals surface area contributed by atoms with Crippen LogP contribution in [-0.2, 0) is 26.4 Å². The Morgan fingerprint density at radius 3 is 2.18 bits per heavy atom. The quantitative estimate of drug-likeness (QED) is 0.902. The van der Waals surface area contributed by atoms with Gasteiger partial charge in [0, 0.05) is 12.8 Å². The van der Waals surface area contributed by atoms with E-state index in [1.807, 2.05) is 31.2 Å². The number of sulfone groups is 1. The van der Waals surface area contributed by atoms with E-state index in [0.717, 1.165) is 23.4 Å². The number of hydrogen-bond acceptors (Lipinski definition) is 4. The Hall–Kier alpha value is -1.70. The summed E-state index contributed by atoms with van der Waals surface area (Å²) >= 11 is 0. The van der Waals surface area contributed by atoms with Crippen LogP contribution in [0.15, 0.2) is 58.3 Å². The molecule has 0 aromatic heterocycles. The molecule has 2 rings (SSSR count). The summed E-state index contributed by atoms with van der Waals surface area (Å²) in [6.07, 6.45) is 1.04. The highest BCUT2D eigenvalue weighted by Gasteiger charge is 2.17. The summed E-state index contributed by atoms with van der Waals surface area (Å²) < 4.78 is 50.1. The van der Waals surface area contributed by atoms with Crippen molar-refractivity contribution in [3.63, 3.8) is 0 Å². The number of sulfonamides is 1. The second kappa shape index (κ2) is 6.20. The van der Waals surface area contributed by atoms with Crippen molar-refractivity contribution in [2.24, 2.45) is 0 Å². The molecular weight excluding hydrogens is 322 g/mol. The van der Waals surface area contributed by atoms with Crippen molar-refractivity contribution in [1.82, 2.24) is 4.72 Å². The Labute approximate surface area is 131 Å². The molecule has 0 atom stereocenters. The molecule has 0 saturated carbocycles. The Bertz CT molecular complexity index is 887. The zero-order valence-corrected chi connectivity index (χ0v) is 13.9. The fraction of sp³-hybridized carbons (Fsp3) is 0.200. The zero-order chi connectivity index (χ0) is 16.4. The van der Waals surface area contributed by atoms with Crippen molar-refractivity contribution < 1.29 is 16.8 Å². The number of nitrogens with one attached hydrogen (secondary N) is 1. The first-order chi connectivity index (χ1) is 10.2. The van der Waals surface area contributed by atoms with Gasteiger partial charge in [0.05, 0.1) is 9.79 Å². The van der Waals surface area contributed by atoms with E-state index in [1.165, 1.54) is 18.2 Å². The van der Waals surface area contributed by atoms with Crippen molar-refractivity contribution in [3.05, 3.63) is 59.7 Å². The maximum absolute atomic E-state index is 12.3. The van der Waals surface area contributed by atoms with Crippen LogP contribution in [0.4, 0.5) is 0 Å². The predicted octanol–water partition coefficient (Wildman–Crippen LogP) is 1.88. The van der Waals surface area contributed by atoms with E-state index < -0.39 is 19.9 Å². The third-order valence-electron chi connectivity index (χ3n) is 3.26. The van der Waals surface area contributed by atoms with Crippen LogP contribution in [0.2, 0.25) is 0 Å². The molecule has 0 amide bonds. The Kier molecular flexibility index (Phi) is 4.69. The largest absolute Gasteiger partial charge is 0.240 e. The molecular formula is C15H17NO4S2. The van der Waals surface area contributed by atoms with E-state index in [-0.39, 0.29) is 16.3 Å². The minimum Gasteiger partial charge on any atom is -0.224 e. The summed E-state index contributed by atoms with van der Waals surface area (Å²) in [6.45, 7) is 2.05. The highest BCUT2D eigenvalue weighted by molar-refractivity contribution is 7.91. The van der Waals surface area contributed by atoms with E-state index in [9.17, 15) is 16.8 Å². The van der Waals surface area contributed by atoms with E-state index in [2.05, 4.69) is 4.72 Å². The first-order valence-corrected chi connectivity index (χ1v) is 9.92. The van der Waals surface area contributed by atoms with Gasteiger partial charge in [0.15, 0.2) is 9.84 Å². The van der Waals surface area contributed by atoms with E-state index in [1.54, 1.807) is 0 Å². The molecule has 0 aliphatic carbocycles. The standard InChI is InChI=1S/C15H17NO4S2/c1-12-6-3-4-7-13(12)11-16-22(19,20)15-9-5-8-14(10-15)21(2,17)18/h3-10,16H,11H2,1-2H3.